The first-order chi connectivity index (χ1) is 15.0. The molecule has 1 saturated heterocycles. The van der Waals surface area contributed by atoms with Gasteiger partial charge in [0.25, 0.3) is 5.91 Å². The van der Waals surface area contributed by atoms with Crippen molar-refractivity contribution in [1.29, 1.82) is 0 Å². The molecule has 1 saturated carbocycles. The number of para-hydroxylation sites is 1. The Morgan fingerprint density at radius 2 is 1.90 bits per heavy atom. The van der Waals surface area contributed by atoms with Crippen molar-refractivity contribution in [3.05, 3.63) is 29.8 Å². The van der Waals surface area contributed by atoms with Crippen LogP contribution in [-0.4, -0.2) is 49.0 Å². The van der Waals surface area contributed by atoms with Crippen molar-refractivity contribution < 1.29 is 23.9 Å². The molecule has 170 valence electrons. The Morgan fingerprint density at radius 3 is 2.61 bits per heavy atom. The van der Waals surface area contributed by atoms with Gasteiger partial charge in [-0.2, -0.15) is 0 Å². The van der Waals surface area contributed by atoms with E-state index in [1.54, 1.807) is 12.0 Å². The monoisotopic (exact) mass is 430 g/mol. The maximum atomic E-state index is 13.1. The van der Waals surface area contributed by atoms with Crippen LogP contribution in [0.1, 0.15) is 69.9 Å². The molecule has 1 N–H and O–H groups in total. The minimum Gasteiger partial charge on any atom is -0.496 e. The number of rotatable bonds is 9. The fraction of sp³-hybridized carbons (Fsp3) is 0.625. The standard InChI is InChI=1S/C24H34N2O5/c1-3-4-15-26-22(28)14-13-19(23(26)18-11-7-8-12-20(18)30-2)24(29)31-16-21(27)25-17-9-5-6-10-17/h7-8,11-12,17,19,23H,3-6,9-10,13-16H2,1-2H3,(H,25,27)/t19-,23-/m0/s1. The molecule has 1 heterocycles. The van der Waals surface area contributed by atoms with Crippen LogP contribution in [0, 0.1) is 5.92 Å². The highest BCUT2D eigenvalue weighted by Gasteiger charge is 2.42. The number of amides is 2. The third-order valence-corrected chi connectivity index (χ3v) is 6.29. The quantitative estimate of drug-likeness (QED) is 0.607. The van der Waals surface area contributed by atoms with Gasteiger partial charge in [0, 0.05) is 24.6 Å². The van der Waals surface area contributed by atoms with Crippen molar-refractivity contribution in [2.45, 2.75) is 70.4 Å². The Labute approximate surface area is 184 Å². The van der Waals surface area contributed by atoms with Gasteiger partial charge in [0.15, 0.2) is 6.61 Å². The van der Waals surface area contributed by atoms with Gasteiger partial charge in [-0.15, -0.1) is 0 Å². The number of esters is 1. The van der Waals surface area contributed by atoms with Crippen LogP contribution in [-0.2, 0) is 19.1 Å². The summed E-state index contributed by atoms with van der Waals surface area (Å²) in [5.41, 5.74) is 0.798. The van der Waals surface area contributed by atoms with Crippen molar-refractivity contribution >= 4 is 17.8 Å². The first-order valence-corrected chi connectivity index (χ1v) is 11.4. The molecule has 1 aliphatic heterocycles. The van der Waals surface area contributed by atoms with Gasteiger partial charge in [-0.05, 0) is 31.7 Å². The summed E-state index contributed by atoms with van der Waals surface area (Å²) in [4.78, 5) is 39.9. The third kappa shape index (κ3) is 5.77. The fourth-order valence-corrected chi connectivity index (χ4v) is 4.67. The van der Waals surface area contributed by atoms with Gasteiger partial charge in [0.2, 0.25) is 5.91 Å². The number of unbranched alkanes of at least 4 members (excludes halogenated alkanes) is 1. The number of piperidine rings is 1. The van der Waals surface area contributed by atoms with Crippen LogP contribution < -0.4 is 10.1 Å². The van der Waals surface area contributed by atoms with Crippen molar-refractivity contribution in [3.63, 3.8) is 0 Å². The van der Waals surface area contributed by atoms with Crippen LogP contribution >= 0.6 is 0 Å². The average Bonchev–Trinajstić information content (AvgIpc) is 3.29. The Morgan fingerprint density at radius 1 is 1.16 bits per heavy atom. The van der Waals surface area contributed by atoms with E-state index in [0.717, 1.165) is 44.1 Å². The van der Waals surface area contributed by atoms with E-state index in [0.29, 0.717) is 25.1 Å². The molecule has 0 spiro atoms. The molecule has 2 atom stereocenters. The summed E-state index contributed by atoms with van der Waals surface area (Å²) >= 11 is 0. The van der Waals surface area contributed by atoms with E-state index in [1.807, 2.05) is 24.3 Å². The molecule has 31 heavy (non-hydrogen) atoms. The maximum absolute atomic E-state index is 13.1. The minimum absolute atomic E-state index is 0.0346. The topological polar surface area (TPSA) is 84.9 Å². The molecule has 0 unspecified atom stereocenters. The highest BCUT2D eigenvalue weighted by Crippen LogP contribution is 2.41. The summed E-state index contributed by atoms with van der Waals surface area (Å²) in [6.45, 7) is 2.36. The lowest BCUT2D eigenvalue weighted by Crippen LogP contribution is -2.46. The lowest BCUT2D eigenvalue weighted by atomic mass is 9.83. The fourth-order valence-electron chi connectivity index (χ4n) is 4.67. The first kappa shape index (κ1) is 23.1. The molecular formula is C24H34N2O5. The number of hydrogen-bond acceptors (Lipinski definition) is 5. The van der Waals surface area contributed by atoms with E-state index in [-0.39, 0.29) is 24.5 Å². The zero-order valence-corrected chi connectivity index (χ0v) is 18.6. The number of benzene rings is 1. The van der Waals surface area contributed by atoms with E-state index >= 15 is 0 Å². The van der Waals surface area contributed by atoms with E-state index in [9.17, 15) is 14.4 Å². The lowest BCUT2D eigenvalue weighted by molar-refractivity contribution is -0.160. The third-order valence-electron chi connectivity index (χ3n) is 6.29. The predicted molar refractivity (Wildman–Crippen MR) is 116 cm³/mol. The second kappa shape index (κ2) is 11.2. The molecule has 7 heteroatoms. The molecule has 1 aliphatic carbocycles. The molecular weight excluding hydrogens is 396 g/mol. The predicted octanol–water partition coefficient (Wildman–Crippen LogP) is 3.38. The van der Waals surface area contributed by atoms with Crippen LogP contribution in [0.3, 0.4) is 0 Å². The van der Waals surface area contributed by atoms with Crippen LogP contribution in [0.2, 0.25) is 0 Å². The Hall–Kier alpha value is -2.57. The summed E-state index contributed by atoms with van der Waals surface area (Å²) in [7, 11) is 1.58. The van der Waals surface area contributed by atoms with Crippen molar-refractivity contribution in [2.24, 2.45) is 5.92 Å². The number of carbonyl (C=O) groups excluding carboxylic acids is 3. The molecule has 1 aromatic rings. The normalized spacial score (nSPS) is 21.7. The minimum atomic E-state index is -0.537. The number of methoxy groups -OCH3 is 1. The van der Waals surface area contributed by atoms with E-state index in [4.69, 9.17) is 9.47 Å². The van der Waals surface area contributed by atoms with Crippen LogP contribution in [0.5, 0.6) is 5.75 Å². The van der Waals surface area contributed by atoms with Gasteiger partial charge in [-0.3, -0.25) is 14.4 Å². The Kier molecular flexibility index (Phi) is 8.32. The number of nitrogens with one attached hydrogen (secondary N) is 1. The number of hydrogen-bond donors (Lipinski definition) is 1. The summed E-state index contributed by atoms with van der Waals surface area (Å²) in [6.07, 6.45) is 6.68. The SMILES string of the molecule is CCCCN1C(=O)CC[C@H](C(=O)OCC(=O)NC2CCCC2)[C@@H]1c1ccccc1OC. The molecule has 2 aliphatic rings. The summed E-state index contributed by atoms with van der Waals surface area (Å²) in [6, 6.07) is 7.20. The molecule has 0 radical (unpaired) electrons. The Bertz CT molecular complexity index is 775. The molecule has 0 aromatic heterocycles. The Balaban J connectivity index is 1.76. The average molecular weight is 431 g/mol. The van der Waals surface area contributed by atoms with Gasteiger partial charge < -0.3 is 19.7 Å². The molecule has 0 bridgehead atoms. The van der Waals surface area contributed by atoms with Crippen molar-refractivity contribution in [2.75, 3.05) is 20.3 Å². The lowest BCUT2D eigenvalue weighted by Gasteiger charge is -2.40. The van der Waals surface area contributed by atoms with Crippen molar-refractivity contribution in [3.8, 4) is 5.75 Å². The zero-order chi connectivity index (χ0) is 22.2. The number of carbonyl (C=O) groups is 3. The van der Waals surface area contributed by atoms with Crippen LogP contribution in [0.25, 0.3) is 0 Å². The van der Waals surface area contributed by atoms with Gasteiger partial charge in [-0.25, -0.2) is 0 Å². The second-order valence-corrected chi connectivity index (χ2v) is 8.43. The number of nitrogens with zero attached hydrogens (tertiary/aromatic N) is 1. The molecule has 7 nitrogen and oxygen atoms in total. The second-order valence-electron chi connectivity index (χ2n) is 8.43. The zero-order valence-electron chi connectivity index (χ0n) is 18.6. The summed E-state index contributed by atoms with van der Waals surface area (Å²) in [5.74, 6) is -0.562. The number of likely N-dealkylation sites (tertiary alicyclic amines) is 1. The molecule has 3 rings (SSSR count). The van der Waals surface area contributed by atoms with E-state index in [2.05, 4.69) is 12.2 Å². The summed E-state index contributed by atoms with van der Waals surface area (Å²) < 4.78 is 11.0. The van der Waals surface area contributed by atoms with Crippen molar-refractivity contribution in [1.82, 2.24) is 10.2 Å². The van der Waals surface area contributed by atoms with Gasteiger partial charge in [0.1, 0.15) is 5.75 Å². The largest absolute Gasteiger partial charge is 0.496 e. The summed E-state index contributed by atoms with van der Waals surface area (Å²) in [5, 5.41) is 2.94. The molecule has 1 aromatic carbocycles. The molecule has 2 fully saturated rings. The van der Waals surface area contributed by atoms with Gasteiger partial charge in [-0.1, -0.05) is 44.4 Å². The highest BCUT2D eigenvalue weighted by atomic mass is 16.5. The van der Waals surface area contributed by atoms with Gasteiger partial charge in [0.05, 0.1) is 19.1 Å². The smallest absolute Gasteiger partial charge is 0.311 e. The maximum Gasteiger partial charge on any atom is 0.311 e. The van der Waals surface area contributed by atoms with Gasteiger partial charge >= 0.3 is 5.97 Å². The number of ether oxygens (including phenoxy) is 2. The van der Waals surface area contributed by atoms with Crippen LogP contribution in [0.4, 0.5) is 0 Å². The highest BCUT2D eigenvalue weighted by molar-refractivity contribution is 5.85. The molecule has 2 amide bonds. The van der Waals surface area contributed by atoms with E-state index in [1.165, 1.54) is 0 Å². The van der Waals surface area contributed by atoms with E-state index < -0.39 is 17.9 Å². The van der Waals surface area contributed by atoms with Crippen LogP contribution in [0.15, 0.2) is 24.3 Å². The first-order valence-electron chi connectivity index (χ1n) is 11.4.